The maximum atomic E-state index is 11.3. The molecule has 21 heavy (non-hydrogen) atoms. The minimum absolute atomic E-state index is 0.426. The standard InChI is InChI=1S/C15H14N4O2/c1-3-16-10-19(2)12-7-4-11(5-8-12)6-9-13-14(20)18-15(21)17-13/h3-5,7-8,10,13H,1H2,2H3,(H2,17,18,20,21). The average Bonchev–Trinajstić information content (AvgIpc) is 2.81. The number of nitrogens with zero attached hydrogens (tertiary/aromatic N) is 2. The Kier molecular flexibility index (Phi) is 4.36. The van der Waals surface area contributed by atoms with Crippen molar-refractivity contribution in [2.24, 2.45) is 4.99 Å². The lowest BCUT2D eigenvalue weighted by Crippen LogP contribution is -2.26. The monoisotopic (exact) mass is 282 g/mol. The summed E-state index contributed by atoms with van der Waals surface area (Å²) in [7, 11) is 1.87. The molecule has 1 aliphatic rings. The molecule has 0 saturated carbocycles. The maximum absolute atomic E-state index is 11.3. The van der Waals surface area contributed by atoms with Crippen molar-refractivity contribution >= 4 is 24.0 Å². The van der Waals surface area contributed by atoms with Crippen LogP contribution in [0.5, 0.6) is 0 Å². The Morgan fingerprint density at radius 3 is 2.62 bits per heavy atom. The van der Waals surface area contributed by atoms with E-state index in [2.05, 4.69) is 34.0 Å². The van der Waals surface area contributed by atoms with Gasteiger partial charge in [-0.3, -0.25) is 10.1 Å². The number of amides is 3. The molecule has 0 spiro atoms. The predicted molar refractivity (Wildman–Crippen MR) is 80.9 cm³/mol. The SMILES string of the molecule is C=CN=CN(C)c1ccc(C#CC2NC(=O)NC2=O)cc1. The number of nitrogens with one attached hydrogen (secondary N) is 2. The molecule has 1 saturated heterocycles. The Morgan fingerprint density at radius 2 is 2.05 bits per heavy atom. The fourth-order valence-electron chi connectivity index (χ4n) is 1.67. The molecular weight excluding hydrogens is 268 g/mol. The van der Waals surface area contributed by atoms with Gasteiger partial charge in [0.1, 0.15) is 0 Å². The highest BCUT2D eigenvalue weighted by molar-refractivity contribution is 6.05. The van der Waals surface area contributed by atoms with Gasteiger partial charge in [0.15, 0.2) is 6.04 Å². The van der Waals surface area contributed by atoms with Gasteiger partial charge in [-0.1, -0.05) is 18.4 Å². The quantitative estimate of drug-likeness (QED) is 0.374. The van der Waals surface area contributed by atoms with Gasteiger partial charge < -0.3 is 10.2 Å². The molecule has 6 heteroatoms. The van der Waals surface area contributed by atoms with E-state index in [9.17, 15) is 9.59 Å². The van der Waals surface area contributed by atoms with Crippen LogP contribution in [0.25, 0.3) is 0 Å². The van der Waals surface area contributed by atoms with Crippen LogP contribution in [-0.4, -0.2) is 31.4 Å². The van der Waals surface area contributed by atoms with Gasteiger partial charge in [0, 0.05) is 24.5 Å². The number of carbonyl (C=O) groups is 2. The first kappa shape index (κ1) is 14.3. The van der Waals surface area contributed by atoms with Crippen molar-refractivity contribution in [3.05, 3.63) is 42.6 Å². The first-order chi connectivity index (χ1) is 10.1. The van der Waals surface area contributed by atoms with Crippen molar-refractivity contribution in [3.63, 3.8) is 0 Å². The van der Waals surface area contributed by atoms with Crippen molar-refractivity contribution in [2.45, 2.75) is 6.04 Å². The van der Waals surface area contributed by atoms with E-state index in [1.165, 1.54) is 6.20 Å². The van der Waals surface area contributed by atoms with Crippen LogP contribution in [0, 0.1) is 11.8 Å². The van der Waals surface area contributed by atoms with Gasteiger partial charge in [0.2, 0.25) is 0 Å². The van der Waals surface area contributed by atoms with Gasteiger partial charge in [-0.2, -0.15) is 0 Å². The van der Waals surface area contributed by atoms with Crippen molar-refractivity contribution < 1.29 is 9.59 Å². The van der Waals surface area contributed by atoms with Gasteiger partial charge in [-0.05, 0) is 24.3 Å². The molecule has 1 aromatic carbocycles. The number of imide groups is 1. The fraction of sp³-hybridized carbons (Fsp3) is 0.133. The highest BCUT2D eigenvalue weighted by Crippen LogP contribution is 2.12. The van der Waals surface area contributed by atoms with Gasteiger partial charge in [0.25, 0.3) is 5.91 Å². The summed E-state index contributed by atoms with van der Waals surface area (Å²) >= 11 is 0. The number of aliphatic imine (C=N–C) groups is 1. The summed E-state index contributed by atoms with van der Waals surface area (Å²) < 4.78 is 0. The zero-order valence-electron chi connectivity index (χ0n) is 11.5. The lowest BCUT2D eigenvalue weighted by molar-refractivity contribution is -0.119. The van der Waals surface area contributed by atoms with E-state index >= 15 is 0 Å². The van der Waals surface area contributed by atoms with Crippen LogP contribution in [0.2, 0.25) is 0 Å². The number of benzene rings is 1. The minimum atomic E-state index is -0.792. The maximum Gasteiger partial charge on any atom is 0.322 e. The number of carbonyl (C=O) groups excluding carboxylic acids is 2. The summed E-state index contributed by atoms with van der Waals surface area (Å²) in [4.78, 5) is 28.0. The molecule has 0 aromatic heterocycles. The molecule has 1 aromatic rings. The molecular formula is C15H14N4O2. The van der Waals surface area contributed by atoms with Crippen LogP contribution >= 0.6 is 0 Å². The van der Waals surface area contributed by atoms with Crippen LogP contribution < -0.4 is 15.5 Å². The Labute approximate surface area is 122 Å². The molecule has 2 N–H and O–H groups in total. The summed E-state index contributed by atoms with van der Waals surface area (Å²) in [5, 5.41) is 4.54. The topological polar surface area (TPSA) is 73.8 Å². The van der Waals surface area contributed by atoms with Crippen molar-refractivity contribution in [2.75, 3.05) is 11.9 Å². The predicted octanol–water partition coefficient (Wildman–Crippen LogP) is 0.854. The van der Waals surface area contributed by atoms with Gasteiger partial charge in [-0.25, -0.2) is 9.79 Å². The van der Waals surface area contributed by atoms with Crippen LogP contribution in [0.3, 0.4) is 0 Å². The molecule has 1 unspecified atom stereocenters. The second-order valence-corrected chi connectivity index (χ2v) is 4.27. The van der Waals surface area contributed by atoms with E-state index in [1.807, 2.05) is 36.2 Å². The molecule has 1 heterocycles. The lowest BCUT2D eigenvalue weighted by Gasteiger charge is -2.12. The summed E-state index contributed by atoms with van der Waals surface area (Å²) in [6, 6.07) is 6.11. The molecule has 1 fully saturated rings. The summed E-state index contributed by atoms with van der Waals surface area (Å²) in [6.45, 7) is 3.51. The van der Waals surface area contributed by atoms with Gasteiger partial charge in [0.05, 0.1) is 6.34 Å². The number of urea groups is 1. The van der Waals surface area contributed by atoms with E-state index in [0.29, 0.717) is 0 Å². The Bertz CT molecular complexity index is 652. The van der Waals surface area contributed by atoms with E-state index < -0.39 is 18.0 Å². The van der Waals surface area contributed by atoms with Crippen molar-refractivity contribution in [1.82, 2.24) is 10.6 Å². The molecule has 106 valence electrons. The highest BCUT2D eigenvalue weighted by Gasteiger charge is 2.27. The van der Waals surface area contributed by atoms with Crippen LogP contribution in [0.15, 0.2) is 42.0 Å². The zero-order valence-corrected chi connectivity index (χ0v) is 11.5. The fourth-order valence-corrected chi connectivity index (χ4v) is 1.67. The average molecular weight is 282 g/mol. The molecule has 0 radical (unpaired) electrons. The van der Waals surface area contributed by atoms with Crippen LogP contribution in [-0.2, 0) is 4.79 Å². The third-order valence-corrected chi connectivity index (χ3v) is 2.76. The third kappa shape index (κ3) is 3.70. The summed E-state index contributed by atoms with van der Waals surface area (Å²) in [6.07, 6.45) is 3.10. The molecule has 3 amide bonds. The Morgan fingerprint density at radius 1 is 1.33 bits per heavy atom. The number of rotatable bonds is 3. The lowest BCUT2D eigenvalue weighted by atomic mass is 10.2. The molecule has 0 aliphatic carbocycles. The van der Waals surface area contributed by atoms with E-state index in [1.54, 1.807) is 6.34 Å². The first-order valence-corrected chi connectivity index (χ1v) is 6.20. The number of anilines is 1. The highest BCUT2D eigenvalue weighted by atomic mass is 16.2. The first-order valence-electron chi connectivity index (χ1n) is 6.20. The second-order valence-electron chi connectivity index (χ2n) is 4.27. The molecule has 1 aliphatic heterocycles. The smallest absolute Gasteiger partial charge is 0.322 e. The molecule has 6 nitrogen and oxygen atoms in total. The summed E-state index contributed by atoms with van der Waals surface area (Å²) in [5.74, 6) is 5.14. The molecule has 0 bridgehead atoms. The number of hydrogen-bond acceptors (Lipinski definition) is 3. The molecule has 2 rings (SSSR count). The zero-order chi connectivity index (χ0) is 15.2. The van der Waals surface area contributed by atoms with Crippen molar-refractivity contribution in [1.29, 1.82) is 0 Å². The van der Waals surface area contributed by atoms with Crippen LogP contribution in [0.1, 0.15) is 5.56 Å². The van der Waals surface area contributed by atoms with E-state index in [-0.39, 0.29) is 0 Å². The van der Waals surface area contributed by atoms with E-state index in [4.69, 9.17) is 0 Å². The van der Waals surface area contributed by atoms with Crippen molar-refractivity contribution in [3.8, 4) is 11.8 Å². The second kappa shape index (κ2) is 6.39. The molecule has 1 atom stereocenters. The van der Waals surface area contributed by atoms with Gasteiger partial charge >= 0.3 is 6.03 Å². The third-order valence-electron chi connectivity index (χ3n) is 2.76. The van der Waals surface area contributed by atoms with Gasteiger partial charge in [-0.15, -0.1) is 0 Å². The minimum Gasteiger partial charge on any atom is -0.336 e. The Hall–Kier alpha value is -3.07. The normalized spacial score (nSPS) is 16.9. The number of hydrogen-bond donors (Lipinski definition) is 2. The van der Waals surface area contributed by atoms with Crippen LogP contribution in [0.4, 0.5) is 10.5 Å². The summed E-state index contributed by atoms with van der Waals surface area (Å²) in [5.41, 5.74) is 1.69. The largest absolute Gasteiger partial charge is 0.336 e. The Balaban J connectivity index is 2.06. The van der Waals surface area contributed by atoms with E-state index in [0.717, 1.165) is 11.3 Å².